The summed E-state index contributed by atoms with van der Waals surface area (Å²) < 4.78 is 54.1. The molecule has 0 bridgehead atoms. The Bertz CT molecular complexity index is 1080. The Kier molecular flexibility index (Phi) is 5.18. The fraction of sp³-hybridized carbons (Fsp3) is 0.273. The van der Waals surface area contributed by atoms with Crippen molar-refractivity contribution in [1.29, 1.82) is 0 Å². The molecule has 0 N–H and O–H groups in total. The van der Waals surface area contributed by atoms with E-state index in [0.29, 0.717) is 18.5 Å². The number of anilines is 1. The molecule has 2 aliphatic rings. The van der Waals surface area contributed by atoms with Crippen LogP contribution in [0.3, 0.4) is 0 Å². The Morgan fingerprint density at radius 1 is 1.03 bits per heavy atom. The third-order valence-corrected chi connectivity index (χ3v) is 5.79. The first-order valence-electron chi connectivity index (χ1n) is 9.39. The number of hydrogen-bond acceptors (Lipinski definition) is 2. The van der Waals surface area contributed by atoms with Gasteiger partial charge in [-0.3, -0.25) is 14.5 Å². The summed E-state index contributed by atoms with van der Waals surface area (Å²) in [5.41, 5.74) is -0.263. The zero-order valence-corrected chi connectivity index (χ0v) is 16.4. The third kappa shape index (κ3) is 3.51. The second kappa shape index (κ2) is 7.54. The van der Waals surface area contributed by atoms with Crippen LogP contribution >= 0.6 is 11.6 Å². The van der Waals surface area contributed by atoms with Crippen molar-refractivity contribution in [2.75, 3.05) is 4.90 Å². The van der Waals surface area contributed by atoms with E-state index in [-0.39, 0.29) is 40.5 Å². The van der Waals surface area contributed by atoms with E-state index in [4.69, 9.17) is 11.6 Å². The van der Waals surface area contributed by atoms with Gasteiger partial charge in [0, 0.05) is 30.0 Å². The average molecular weight is 438 g/mol. The molecule has 0 radical (unpaired) electrons. The molecule has 3 nitrogen and oxygen atoms in total. The molecule has 1 aliphatic carbocycles. The maximum Gasteiger partial charge on any atom is 0.416 e. The lowest BCUT2D eigenvalue weighted by Crippen LogP contribution is -2.41. The van der Waals surface area contributed by atoms with Crippen LogP contribution in [-0.2, 0) is 15.8 Å². The highest BCUT2D eigenvalue weighted by molar-refractivity contribution is 6.34. The van der Waals surface area contributed by atoms with Gasteiger partial charge < -0.3 is 0 Å². The van der Waals surface area contributed by atoms with Gasteiger partial charge in [-0.15, -0.1) is 0 Å². The molecule has 156 valence electrons. The molecular weight excluding hydrogens is 422 g/mol. The summed E-state index contributed by atoms with van der Waals surface area (Å²) in [6.07, 6.45) is -3.86. The van der Waals surface area contributed by atoms with Crippen molar-refractivity contribution in [2.24, 2.45) is 0 Å². The zero-order chi connectivity index (χ0) is 21.6. The fourth-order valence-electron chi connectivity index (χ4n) is 4.16. The highest BCUT2D eigenvalue weighted by atomic mass is 35.5. The van der Waals surface area contributed by atoms with Crippen molar-refractivity contribution in [3.63, 3.8) is 0 Å². The van der Waals surface area contributed by atoms with Gasteiger partial charge in [-0.2, -0.15) is 13.2 Å². The number of benzene rings is 2. The molecule has 8 heteroatoms. The van der Waals surface area contributed by atoms with Crippen LogP contribution in [0.25, 0.3) is 0 Å². The number of allylic oxidation sites excluding steroid dienone is 2. The summed E-state index contributed by atoms with van der Waals surface area (Å²) in [6, 6.07) is 8.64. The standard InChI is InChI=1S/C22H16ClF4NO2/c23-15-9-8-12(22(25,26)27)10-18(15)28-17-6-3-7-19(29)21(17)14(11-20(28)30)13-4-1-2-5-16(13)24/h1-2,4-5,8-10,14H,3,6-7,11H2. The van der Waals surface area contributed by atoms with Gasteiger partial charge in [0.1, 0.15) is 5.82 Å². The molecule has 2 aromatic rings. The molecular formula is C22H16ClF4NO2. The number of halogens is 5. The second-order valence-corrected chi connectivity index (χ2v) is 7.72. The lowest BCUT2D eigenvalue weighted by atomic mass is 9.77. The Hall–Kier alpha value is -2.67. The van der Waals surface area contributed by atoms with E-state index in [9.17, 15) is 27.2 Å². The van der Waals surface area contributed by atoms with Crippen LogP contribution in [0.15, 0.2) is 53.7 Å². The largest absolute Gasteiger partial charge is 0.416 e. The Labute approximate surface area is 174 Å². The van der Waals surface area contributed by atoms with E-state index < -0.39 is 29.4 Å². The van der Waals surface area contributed by atoms with Crippen LogP contribution in [0.2, 0.25) is 5.02 Å². The van der Waals surface area contributed by atoms with Crippen molar-refractivity contribution >= 4 is 29.0 Å². The lowest BCUT2D eigenvalue weighted by molar-refractivity contribution is -0.137. The van der Waals surface area contributed by atoms with Gasteiger partial charge >= 0.3 is 6.18 Å². The topological polar surface area (TPSA) is 37.4 Å². The summed E-state index contributed by atoms with van der Waals surface area (Å²) in [7, 11) is 0. The molecule has 1 aliphatic heterocycles. The van der Waals surface area contributed by atoms with Crippen molar-refractivity contribution < 1.29 is 27.2 Å². The first kappa shape index (κ1) is 20.6. The van der Waals surface area contributed by atoms with Gasteiger partial charge in [0.25, 0.3) is 0 Å². The molecule has 1 heterocycles. The average Bonchev–Trinajstić information content (AvgIpc) is 2.68. The van der Waals surface area contributed by atoms with Gasteiger partial charge in [-0.1, -0.05) is 29.8 Å². The SMILES string of the molecule is O=C1CCCC2=C1C(c1ccccc1F)CC(=O)N2c1cc(C(F)(F)F)ccc1Cl. The maximum atomic E-state index is 14.5. The Morgan fingerprint density at radius 2 is 1.77 bits per heavy atom. The number of Topliss-reactive ketones (excluding diaryl/α,β-unsaturated/α-hetero) is 1. The van der Waals surface area contributed by atoms with Crippen LogP contribution in [0.5, 0.6) is 0 Å². The number of carbonyl (C=O) groups is 2. The number of hydrogen-bond donors (Lipinski definition) is 0. The van der Waals surface area contributed by atoms with E-state index in [2.05, 4.69) is 0 Å². The molecule has 0 spiro atoms. The number of amides is 1. The van der Waals surface area contributed by atoms with Gasteiger partial charge in [0.05, 0.1) is 16.3 Å². The van der Waals surface area contributed by atoms with E-state index >= 15 is 0 Å². The van der Waals surface area contributed by atoms with Crippen LogP contribution < -0.4 is 4.90 Å². The monoisotopic (exact) mass is 437 g/mol. The summed E-state index contributed by atoms with van der Waals surface area (Å²) in [5.74, 6) is -2.07. The fourth-order valence-corrected chi connectivity index (χ4v) is 4.36. The van der Waals surface area contributed by atoms with Gasteiger partial charge in [-0.25, -0.2) is 4.39 Å². The van der Waals surface area contributed by atoms with Gasteiger partial charge in [0.15, 0.2) is 5.78 Å². The van der Waals surface area contributed by atoms with Crippen molar-refractivity contribution in [1.82, 2.24) is 0 Å². The predicted octanol–water partition coefficient (Wildman–Crippen LogP) is 6.03. The van der Waals surface area contributed by atoms with Gasteiger partial charge in [0.2, 0.25) is 5.91 Å². The molecule has 0 aromatic heterocycles. The quantitative estimate of drug-likeness (QED) is 0.538. The second-order valence-electron chi connectivity index (χ2n) is 7.31. The van der Waals surface area contributed by atoms with Crippen LogP contribution in [0.4, 0.5) is 23.2 Å². The van der Waals surface area contributed by atoms with Crippen molar-refractivity contribution in [3.8, 4) is 0 Å². The summed E-state index contributed by atoms with van der Waals surface area (Å²) in [5, 5.41) is -0.0365. The van der Waals surface area contributed by atoms with E-state index in [1.54, 1.807) is 6.07 Å². The molecule has 1 amide bonds. The smallest absolute Gasteiger partial charge is 0.294 e. The molecule has 1 atom stereocenters. The summed E-state index contributed by atoms with van der Waals surface area (Å²) >= 11 is 6.16. The van der Waals surface area contributed by atoms with E-state index in [1.807, 2.05) is 0 Å². The minimum atomic E-state index is -4.62. The third-order valence-electron chi connectivity index (χ3n) is 5.47. The number of carbonyl (C=O) groups excluding carboxylic acids is 2. The first-order valence-corrected chi connectivity index (χ1v) is 9.76. The number of ketones is 1. The van der Waals surface area contributed by atoms with Gasteiger partial charge in [-0.05, 0) is 42.7 Å². The van der Waals surface area contributed by atoms with Crippen LogP contribution in [0, 0.1) is 5.82 Å². The van der Waals surface area contributed by atoms with Crippen LogP contribution in [0.1, 0.15) is 42.7 Å². The molecule has 0 saturated heterocycles. The molecule has 0 saturated carbocycles. The number of nitrogens with zero attached hydrogens (tertiary/aromatic N) is 1. The highest BCUT2D eigenvalue weighted by Crippen LogP contribution is 2.46. The highest BCUT2D eigenvalue weighted by Gasteiger charge is 2.41. The number of alkyl halides is 3. The lowest BCUT2D eigenvalue weighted by Gasteiger charge is -2.38. The Morgan fingerprint density at radius 3 is 2.47 bits per heavy atom. The zero-order valence-electron chi connectivity index (χ0n) is 15.6. The maximum absolute atomic E-state index is 14.5. The molecule has 0 fully saturated rings. The van der Waals surface area contributed by atoms with E-state index in [0.717, 1.165) is 23.1 Å². The molecule has 1 unspecified atom stereocenters. The van der Waals surface area contributed by atoms with E-state index in [1.165, 1.54) is 18.2 Å². The molecule has 4 rings (SSSR count). The van der Waals surface area contributed by atoms with Crippen molar-refractivity contribution in [3.05, 3.63) is 75.7 Å². The summed E-state index contributed by atoms with van der Waals surface area (Å²) in [4.78, 5) is 27.0. The molecule has 2 aromatic carbocycles. The number of rotatable bonds is 2. The minimum absolute atomic E-state index is 0.0365. The predicted molar refractivity (Wildman–Crippen MR) is 104 cm³/mol. The van der Waals surface area contributed by atoms with Crippen LogP contribution in [-0.4, -0.2) is 11.7 Å². The molecule has 30 heavy (non-hydrogen) atoms. The first-order chi connectivity index (χ1) is 14.2. The van der Waals surface area contributed by atoms with Crippen molar-refractivity contribution in [2.45, 2.75) is 37.8 Å². The minimum Gasteiger partial charge on any atom is -0.294 e. The normalized spacial score (nSPS) is 19.9. The Balaban J connectivity index is 1.90. The summed E-state index contributed by atoms with van der Waals surface area (Å²) in [6.45, 7) is 0.